The van der Waals surface area contributed by atoms with E-state index in [1.54, 1.807) is 13.2 Å². The first-order chi connectivity index (χ1) is 9.71. The van der Waals surface area contributed by atoms with Crippen LogP contribution in [0.3, 0.4) is 0 Å². The van der Waals surface area contributed by atoms with Gasteiger partial charge in [-0.2, -0.15) is 0 Å². The Morgan fingerprint density at radius 2 is 2.10 bits per heavy atom. The van der Waals surface area contributed by atoms with Crippen LogP contribution in [-0.2, 0) is 11.2 Å². The Morgan fingerprint density at radius 3 is 2.70 bits per heavy atom. The molecule has 0 aliphatic rings. The number of amides is 1. The molecule has 104 valence electrons. The van der Waals surface area contributed by atoms with Crippen LogP contribution in [0.2, 0.25) is 0 Å². The highest BCUT2D eigenvalue weighted by molar-refractivity contribution is 7.15. The van der Waals surface area contributed by atoms with Crippen molar-refractivity contribution in [3.8, 4) is 5.75 Å². The molecule has 0 saturated carbocycles. The molecule has 6 heteroatoms. The molecule has 1 N–H and O–H groups in total. The highest BCUT2D eigenvalue weighted by Gasteiger charge is 2.04. The Hall–Kier alpha value is -2.21. The number of hydrogen-bond acceptors (Lipinski definition) is 5. The Balaban J connectivity index is 1.94. The van der Waals surface area contributed by atoms with Gasteiger partial charge in [0.25, 0.3) is 0 Å². The molecule has 0 saturated heterocycles. The molecule has 2 rings (SSSR count). The average Bonchev–Trinajstić information content (AvgIpc) is 2.93. The summed E-state index contributed by atoms with van der Waals surface area (Å²) in [4.78, 5) is 11.7. The zero-order valence-corrected chi connectivity index (χ0v) is 12.1. The molecule has 0 fully saturated rings. The van der Waals surface area contributed by atoms with E-state index in [1.807, 2.05) is 31.2 Å². The summed E-state index contributed by atoms with van der Waals surface area (Å²) < 4.78 is 5.07. The van der Waals surface area contributed by atoms with E-state index in [0.717, 1.165) is 22.7 Å². The number of carbonyl (C=O) groups excluding carboxylic acids is 1. The van der Waals surface area contributed by atoms with Gasteiger partial charge in [-0.25, -0.2) is 0 Å². The topological polar surface area (TPSA) is 64.1 Å². The third-order valence-electron chi connectivity index (χ3n) is 2.54. The van der Waals surface area contributed by atoms with Crippen LogP contribution in [0.5, 0.6) is 5.75 Å². The molecule has 20 heavy (non-hydrogen) atoms. The largest absolute Gasteiger partial charge is 0.497 e. The molecule has 1 amide bonds. The molecule has 0 spiro atoms. The fraction of sp³-hybridized carbons (Fsp3) is 0.214. The molecule has 0 radical (unpaired) electrons. The minimum atomic E-state index is -0.223. The molecule has 0 atom stereocenters. The Labute approximate surface area is 121 Å². The van der Waals surface area contributed by atoms with Crippen LogP contribution in [0.25, 0.3) is 6.08 Å². The van der Waals surface area contributed by atoms with Gasteiger partial charge < -0.3 is 4.74 Å². The normalized spacial score (nSPS) is 10.7. The summed E-state index contributed by atoms with van der Waals surface area (Å²) in [7, 11) is 1.62. The predicted molar refractivity (Wildman–Crippen MR) is 79.9 cm³/mol. The summed E-state index contributed by atoms with van der Waals surface area (Å²) in [6.07, 6.45) is 4.01. The smallest absolute Gasteiger partial charge is 0.250 e. The molecule has 0 aliphatic heterocycles. The number of ether oxygens (including phenoxy) is 1. The van der Waals surface area contributed by atoms with E-state index in [2.05, 4.69) is 15.5 Å². The quantitative estimate of drug-likeness (QED) is 0.860. The first-order valence-corrected chi connectivity index (χ1v) is 6.98. The van der Waals surface area contributed by atoms with E-state index in [1.165, 1.54) is 17.4 Å². The Bertz CT molecular complexity index is 605. The van der Waals surface area contributed by atoms with Gasteiger partial charge in [0.2, 0.25) is 11.0 Å². The van der Waals surface area contributed by atoms with Crippen molar-refractivity contribution in [1.82, 2.24) is 10.2 Å². The number of anilines is 1. The Kier molecular flexibility index (Phi) is 4.84. The van der Waals surface area contributed by atoms with Crippen molar-refractivity contribution in [1.29, 1.82) is 0 Å². The summed E-state index contributed by atoms with van der Waals surface area (Å²) in [6, 6.07) is 7.44. The standard InChI is InChI=1S/C14H15N3O2S/c1-3-13-16-17-14(20-13)15-12(18)9-6-10-4-7-11(19-2)8-5-10/h4-9H,3H2,1-2H3,(H,15,17,18). The van der Waals surface area contributed by atoms with Crippen molar-refractivity contribution in [3.05, 3.63) is 40.9 Å². The summed E-state index contributed by atoms with van der Waals surface area (Å²) in [5, 5.41) is 11.9. The van der Waals surface area contributed by atoms with E-state index >= 15 is 0 Å². The third kappa shape index (κ3) is 3.89. The highest BCUT2D eigenvalue weighted by atomic mass is 32.1. The first-order valence-electron chi connectivity index (χ1n) is 6.16. The van der Waals surface area contributed by atoms with Crippen LogP contribution in [0, 0.1) is 0 Å². The van der Waals surface area contributed by atoms with Gasteiger partial charge in [0, 0.05) is 6.08 Å². The summed E-state index contributed by atoms with van der Waals surface area (Å²) >= 11 is 1.38. The van der Waals surface area contributed by atoms with E-state index in [-0.39, 0.29) is 5.91 Å². The number of benzene rings is 1. The second-order valence-corrected chi connectivity index (χ2v) is 5.01. The minimum Gasteiger partial charge on any atom is -0.497 e. The average molecular weight is 289 g/mol. The van der Waals surface area contributed by atoms with Crippen molar-refractivity contribution >= 4 is 28.5 Å². The van der Waals surface area contributed by atoms with Gasteiger partial charge in [-0.1, -0.05) is 30.4 Å². The lowest BCUT2D eigenvalue weighted by Crippen LogP contribution is -2.07. The fourth-order valence-corrected chi connectivity index (χ4v) is 2.16. The number of carbonyl (C=O) groups is 1. The van der Waals surface area contributed by atoms with Gasteiger partial charge in [-0.15, -0.1) is 10.2 Å². The molecule has 1 aromatic carbocycles. The minimum absolute atomic E-state index is 0.223. The SMILES string of the molecule is CCc1nnc(NC(=O)C=Cc2ccc(OC)cc2)s1. The van der Waals surface area contributed by atoms with E-state index in [0.29, 0.717) is 5.13 Å². The number of hydrogen-bond donors (Lipinski definition) is 1. The van der Waals surface area contributed by atoms with Gasteiger partial charge in [0.05, 0.1) is 7.11 Å². The summed E-state index contributed by atoms with van der Waals surface area (Å²) in [5.74, 6) is 0.562. The Morgan fingerprint density at radius 1 is 1.35 bits per heavy atom. The van der Waals surface area contributed by atoms with E-state index < -0.39 is 0 Å². The zero-order chi connectivity index (χ0) is 14.4. The van der Waals surface area contributed by atoms with Crippen LogP contribution in [0.1, 0.15) is 17.5 Å². The third-order valence-corrected chi connectivity index (χ3v) is 3.53. The fourth-order valence-electron chi connectivity index (χ4n) is 1.48. The van der Waals surface area contributed by atoms with Gasteiger partial charge in [-0.3, -0.25) is 10.1 Å². The molecule has 1 aromatic heterocycles. The van der Waals surface area contributed by atoms with Gasteiger partial charge in [-0.05, 0) is 30.2 Å². The second-order valence-electron chi connectivity index (χ2n) is 3.95. The van der Waals surface area contributed by atoms with E-state index in [9.17, 15) is 4.79 Å². The first kappa shape index (κ1) is 14.2. The molecular formula is C14H15N3O2S. The van der Waals surface area contributed by atoms with Crippen molar-refractivity contribution in [2.24, 2.45) is 0 Å². The van der Waals surface area contributed by atoms with Crippen molar-refractivity contribution < 1.29 is 9.53 Å². The highest BCUT2D eigenvalue weighted by Crippen LogP contribution is 2.16. The van der Waals surface area contributed by atoms with Gasteiger partial charge >= 0.3 is 0 Å². The lowest BCUT2D eigenvalue weighted by Gasteiger charge is -1.99. The lowest BCUT2D eigenvalue weighted by atomic mass is 10.2. The number of aryl methyl sites for hydroxylation is 1. The van der Waals surface area contributed by atoms with Crippen molar-refractivity contribution in [2.75, 3.05) is 12.4 Å². The lowest BCUT2D eigenvalue weighted by molar-refractivity contribution is -0.111. The van der Waals surface area contributed by atoms with Crippen LogP contribution >= 0.6 is 11.3 Å². The molecule has 0 unspecified atom stereocenters. The van der Waals surface area contributed by atoms with Gasteiger partial charge in [0.15, 0.2) is 0 Å². The maximum atomic E-state index is 11.7. The van der Waals surface area contributed by atoms with Crippen molar-refractivity contribution in [2.45, 2.75) is 13.3 Å². The van der Waals surface area contributed by atoms with Crippen LogP contribution in [-0.4, -0.2) is 23.2 Å². The second kappa shape index (κ2) is 6.81. The van der Waals surface area contributed by atoms with Gasteiger partial charge in [0.1, 0.15) is 10.8 Å². The van der Waals surface area contributed by atoms with Crippen LogP contribution in [0.15, 0.2) is 30.3 Å². The summed E-state index contributed by atoms with van der Waals surface area (Å²) in [5.41, 5.74) is 0.924. The molecule has 2 aromatic rings. The molecule has 1 heterocycles. The van der Waals surface area contributed by atoms with Crippen LogP contribution in [0.4, 0.5) is 5.13 Å². The van der Waals surface area contributed by atoms with Crippen LogP contribution < -0.4 is 10.1 Å². The van der Waals surface area contributed by atoms with E-state index in [4.69, 9.17) is 4.74 Å². The molecule has 0 bridgehead atoms. The summed E-state index contributed by atoms with van der Waals surface area (Å²) in [6.45, 7) is 2.00. The number of methoxy groups -OCH3 is 1. The maximum Gasteiger partial charge on any atom is 0.250 e. The zero-order valence-electron chi connectivity index (χ0n) is 11.3. The van der Waals surface area contributed by atoms with Crippen molar-refractivity contribution in [3.63, 3.8) is 0 Å². The predicted octanol–water partition coefficient (Wildman–Crippen LogP) is 2.76. The monoisotopic (exact) mass is 289 g/mol. The number of nitrogens with one attached hydrogen (secondary N) is 1. The number of rotatable bonds is 5. The maximum absolute atomic E-state index is 11.7. The number of aromatic nitrogens is 2. The molecule has 0 aliphatic carbocycles. The molecular weight excluding hydrogens is 274 g/mol. The number of nitrogens with zero attached hydrogens (tertiary/aromatic N) is 2. The molecule has 5 nitrogen and oxygen atoms in total.